The summed E-state index contributed by atoms with van der Waals surface area (Å²) in [7, 11) is 0. The number of nitrogens with zero attached hydrogens (tertiary/aromatic N) is 2. The van der Waals surface area contributed by atoms with Gasteiger partial charge in [-0.1, -0.05) is 60.9 Å². The third kappa shape index (κ3) is 3.68. The zero-order chi connectivity index (χ0) is 23.5. The second-order valence-electron chi connectivity index (χ2n) is 10.5. The molecule has 1 aromatic heterocycles. The molecule has 1 aliphatic carbocycles. The van der Waals surface area contributed by atoms with Crippen LogP contribution in [0.25, 0.3) is 33.8 Å². The van der Waals surface area contributed by atoms with Crippen molar-refractivity contribution in [1.82, 2.24) is 9.97 Å². The monoisotopic (exact) mass is 432 g/mol. The minimum Gasteiger partial charge on any atom is -0.252 e. The Morgan fingerprint density at radius 3 is 2.03 bits per heavy atom. The van der Waals surface area contributed by atoms with Crippen LogP contribution in [0.3, 0.4) is 0 Å². The summed E-state index contributed by atoms with van der Waals surface area (Å²) in [4.78, 5) is 10.4. The molecular formula is C31H32N2. The number of benzene rings is 3. The average molecular weight is 433 g/mol. The second-order valence-corrected chi connectivity index (χ2v) is 10.5. The second kappa shape index (κ2) is 7.66. The summed E-state index contributed by atoms with van der Waals surface area (Å²) < 4.78 is 0. The van der Waals surface area contributed by atoms with Gasteiger partial charge >= 0.3 is 0 Å². The van der Waals surface area contributed by atoms with E-state index in [2.05, 4.69) is 97.0 Å². The maximum Gasteiger partial charge on any atom is 0.0973 e. The molecule has 33 heavy (non-hydrogen) atoms. The Morgan fingerprint density at radius 1 is 0.758 bits per heavy atom. The van der Waals surface area contributed by atoms with Crippen molar-refractivity contribution in [1.29, 1.82) is 0 Å². The molecule has 0 aliphatic heterocycles. The van der Waals surface area contributed by atoms with Crippen molar-refractivity contribution >= 4 is 0 Å². The molecule has 1 heterocycles. The number of hydrogen-bond acceptors (Lipinski definition) is 2. The molecule has 1 aliphatic rings. The summed E-state index contributed by atoms with van der Waals surface area (Å²) in [6, 6.07) is 17.7. The zero-order valence-corrected chi connectivity index (χ0v) is 20.8. The Labute approximate surface area is 197 Å². The van der Waals surface area contributed by atoms with Gasteiger partial charge in [-0.15, -0.1) is 0 Å². The van der Waals surface area contributed by atoms with Crippen LogP contribution in [0.5, 0.6) is 0 Å². The van der Waals surface area contributed by atoms with E-state index in [0.717, 1.165) is 29.1 Å². The molecule has 2 heteroatoms. The summed E-state index contributed by atoms with van der Waals surface area (Å²) in [5.41, 5.74) is 15.7. The normalized spacial score (nSPS) is 14.0. The van der Waals surface area contributed by atoms with Gasteiger partial charge in [0.15, 0.2) is 0 Å². The van der Waals surface area contributed by atoms with E-state index in [1.54, 1.807) is 0 Å². The Morgan fingerprint density at radius 2 is 1.39 bits per heavy atom. The third-order valence-corrected chi connectivity index (χ3v) is 6.93. The van der Waals surface area contributed by atoms with Gasteiger partial charge in [0.1, 0.15) is 0 Å². The minimum absolute atomic E-state index is 0.158. The molecule has 0 fully saturated rings. The molecule has 0 radical (unpaired) electrons. The van der Waals surface area contributed by atoms with Gasteiger partial charge in [-0.3, -0.25) is 4.98 Å². The zero-order valence-electron chi connectivity index (χ0n) is 20.8. The molecule has 4 aromatic rings. The van der Waals surface area contributed by atoms with Crippen LogP contribution in [0.1, 0.15) is 52.8 Å². The van der Waals surface area contributed by atoms with Crippen LogP contribution in [0.4, 0.5) is 0 Å². The Bertz CT molecular complexity index is 1370. The summed E-state index contributed by atoms with van der Waals surface area (Å²) in [6.45, 7) is 15.5. The van der Waals surface area contributed by atoms with Crippen molar-refractivity contribution in [3.8, 4) is 33.8 Å². The van der Waals surface area contributed by atoms with Crippen LogP contribution in [0.15, 0.2) is 54.7 Å². The predicted octanol–water partition coefficient (Wildman–Crippen LogP) is 7.85. The predicted molar refractivity (Wildman–Crippen MR) is 139 cm³/mol. The van der Waals surface area contributed by atoms with Gasteiger partial charge in [0.2, 0.25) is 0 Å². The number of hydrogen-bond donors (Lipinski definition) is 0. The summed E-state index contributed by atoms with van der Waals surface area (Å²) in [6.07, 6.45) is 3.08. The van der Waals surface area contributed by atoms with Crippen LogP contribution in [0.2, 0.25) is 0 Å². The van der Waals surface area contributed by atoms with E-state index in [1.807, 2.05) is 6.20 Å². The van der Waals surface area contributed by atoms with E-state index < -0.39 is 0 Å². The lowest BCUT2D eigenvalue weighted by atomic mass is 9.64. The third-order valence-electron chi connectivity index (χ3n) is 6.93. The van der Waals surface area contributed by atoms with Crippen molar-refractivity contribution in [2.45, 2.75) is 60.3 Å². The van der Waals surface area contributed by atoms with Crippen molar-refractivity contribution in [3.05, 3.63) is 93.7 Å². The molecule has 166 valence electrons. The Kier molecular flexibility index (Phi) is 5.01. The van der Waals surface area contributed by atoms with E-state index in [-0.39, 0.29) is 5.41 Å². The molecular weight excluding hydrogens is 400 g/mol. The van der Waals surface area contributed by atoms with Crippen LogP contribution in [-0.2, 0) is 11.8 Å². The quantitative estimate of drug-likeness (QED) is 0.329. The molecule has 0 atom stereocenters. The van der Waals surface area contributed by atoms with Crippen molar-refractivity contribution in [3.63, 3.8) is 0 Å². The first kappa shape index (κ1) is 21.6. The minimum atomic E-state index is 0.158. The average Bonchev–Trinajstić information content (AvgIpc) is 2.71. The molecule has 0 amide bonds. The maximum atomic E-state index is 5.30. The molecule has 0 spiro atoms. The van der Waals surface area contributed by atoms with E-state index in [0.29, 0.717) is 0 Å². The fourth-order valence-electron chi connectivity index (χ4n) is 5.68. The fourth-order valence-corrected chi connectivity index (χ4v) is 5.68. The lowest BCUT2D eigenvalue weighted by Gasteiger charge is -2.40. The standard InChI is InChI=1S/C31H32N2/c1-18-11-19(2)13-23(12-18)29-30(25-15-20(3)14-24-16-31(6,7)28(24)25)32-17-26(33-29)27-21(4)9-8-10-22(27)5/h8-15,17H,16H2,1-7H3. The number of fused-ring (bicyclic) bond motifs is 1. The molecule has 3 aromatic carbocycles. The van der Waals surface area contributed by atoms with Gasteiger partial charge in [-0.2, -0.15) is 0 Å². The van der Waals surface area contributed by atoms with E-state index in [1.165, 1.54) is 50.1 Å². The fraction of sp³-hybridized carbons (Fsp3) is 0.290. The molecule has 0 saturated carbocycles. The summed E-state index contributed by atoms with van der Waals surface area (Å²) in [5, 5.41) is 0. The maximum absolute atomic E-state index is 5.30. The van der Waals surface area contributed by atoms with Crippen LogP contribution in [0, 0.1) is 34.6 Å². The highest BCUT2D eigenvalue weighted by Gasteiger charge is 2.37. The highest BCUT2D eigenvalue weighted by atomic mass is 14.8. The Balaban J connectivity index is 1.82. The smallest absolute Gasteiger partial charge is 0.0973 e. The van der Waals surface area contributed by atoms with Gasteiger partial charge in [0.05, 0.1) is 23.3 Å². The molecule has 0 bridgehead atoms. The van der Waals surface area contributed by atoms with Gasteiger partial charge in [0, 0.05) is 16.7 Å². The van der Waals surface area contributed by atoms with Crippen molar-refractivity contribution in [2.75, 3.05) is 0 Å². The number of aromatic nitrogens is 2. The van der Waals surface area contributed by atoms with Crippen molar-refractivity contribution < 1.29 is 0 Å². The van der Waals surface area contributed by atoms with Crippen molar-refractivity contribution in [2.24, 2.45) is 0 Å². The highest BCUT2D eigenvalue weighted by molar-refractivity contribution is 5.84. The van der Waals surface area contributed by atoms with Gasteiger partial charge in [-0.05, 0) is 86.9 Å². The molecule has 5 rings (SSSR count). The highest BCUT2D eigenvalue weighted by Crippen LogP contribution is 2.48. The lowest BCUT2D eigenvalue weighted by Crippen LogP contribution is -2.33. The first-order valence-corrected chi connectivity index (χ1v) is 11.8. The lowest BCUT2D eigenvalue weighted by molar-refractivity contribution is 0.457. The Hall–Kier alpha value is -3.26. The first-order chi connectivity index (χ1) is 15.6. The van der Waals surface area contributed by atoms with E-state index >= 15 is 0 Å². The topological polar surface area (TPSA) is 25.8 Å². The molecule has 0 unspecified atom stereocenters. The van der Waals surface area contributed by atoms with E-state index in [4.69, 9.17) is 9.97 Å². The summed E-state index contributed by atoms with van der Waals surface area (Å²) >= 11 is 0. The van der Waals surface area contributed by atoms with Crippen LogP contribution >= 0.6 is 0 Å². The number of rotatable bonds is 3. The first-order valence-electron chi connectivity index (χ1n) is 11.8. The summed E-state index contributed by atoms with van der Waals surface area (Å²) in [5.74, 6) is 0. The molecule has 0 N–H and O–H groups in total. The van der Waals surface area contributed by atoms with Gasteiger partial charge in [0.25, 0.3) is 0 Å². The van der Waals surface area contributed by atoms with Crippen LogP contribution < -0.4 is 0 Å². The van der Waals surface area contributed by atoms with E-state index in [9.17, 15) is 0 Å². The van der Waals surface area contributed by atoms with Gasteiger partial charge in [-0.25, -0.2) is 4.98 Å². The van der Waals surface area contributed by atoms with Gasteiger partial charge < -0.3 is 0 Å². The molecule has 2 nitrogen and oxygen atoms in total. The number of aryl methyl sites for hydroxylation is 5. The van der Waals surface area contributed by atoms with Crippen LogP contribution in [-0.4, -0.2) is 9.97 Å². The molecule has 0 saturated heterocycles. The SMILES string of the molecule is Cc1cc(C)cc(-c2nc(-c3c(C)cccc3C)cnc2-c2cc(C)cc3c2C(C)(C)C3)c1. The largest absolute Gasteiger partial charge is 0.252 e.